The molecule has 1 aliphatic rings. The van der Waals surface area contributed by atoms with Crippen molar-refractivity contribution in [2.45, 2.75) is 20.0 Å². The van der Waals surface area contributed by atoms with Crippen molar-refractivity contribution >= 4 is 17.4 Å². The Morgan fingerprint density at radius 2 is 1.48 bits per heavy atom. The van der Waals surface area contributed by atoms with Gasteiger partial charge in [-0.05, 0) is 61.4 Å². The van der Waals surface area contributed by atoms with Crippen molar-refractivity contribution in [2.24, 2.45) is 0 Å². The highest BCUT2D eigenvalue weighted by molar-refractivity contribution is 5.89. The van der Waals surface area contributed by atoms with Gasteiger partial charge in [0.25, 0.3) is 0 Å². The molecule has 27 heavy (non-hydrogen) atoms. The van der Waals surface area contributed by atoms with E-state index in [9.17, 15) is 18.0 Å². The summed E-state index contributed by atoms with van der Waals surface area (Å²) in [6.07, 6.45) is -4.38. The Balaban J connectivity index is 1.57. The Kier molecular flexibility index (Phi) is 5.30. The van der Waals surface area contributed by atoms with Crippen molar-refractivity contribution < 1.29 is 18.0 Å². The van der Waals surface area contributed by atoms with Crippen molar-refractivity contribution in [1.29, 1.82) is 0 Å². The summed E-state index contributed by atoms with van der Waals surface area (Å²) in [7, 11) is 0. The third-order valence-electron chi connectivity index (χ3n) is 4.60. The quantitative estimate of drug-likeness (QED) is 0.825. The standard InChI is InChI=1S/C20H22F3N3O/c1-14-11-15(2)13-18(12-14)25-7-9-26(10-8-25)19(27)24-17-5-3-16(4-6-17)20(21,22)23/h3-6,11-13H,7-10H2,1-2H3,(H,24,27). The largest absolute Gasteiger partial charge is 0.416 e. The fraction of sp³-hybridized carbons (Fsp3) is 0.350. The number of amides is 2. The van der Waals surface area contributed by atoms with Gasteiger partial charge in [-0.1, -0.05) is 6.07 Å². The average molecular weight is 377 g/mol. The Hall–Kier alpha value is -2.70. The lowest BCUT2D eigenvalue weighted by Crippen LogP contribution is -2.50. The van der Waals surface area contributed by atoms with Crippen LogP contribution < -0.4 is 10.2 Å². The smallest absolute Gasteiger partial charge is 0.368 e. The lowest BCUT2D eigenvalue weighted by molar-refractivity contribution is -0.137. The molecule has 1 saturated heterocycles. The first-order valence-corrected chi connectivity index (χ1v) is 8.79. The summed E-state index contributed by atoms with van der Waals surface area (Å²) in [6.45, 7) is 6.65. The van der Waals surface area contributed by atoms with Crippen molar-refractivity contribution in [2.75, 3.05) is 36.4 Å². The predicted molar refractivity (Wildman–Crippen MR) is 100 cm³/mol. The van der Waals surface area contributed by atoms with Gasteiger partial charge in [0.2, 0.25) is 0 Å². The number of hydrogen-bond donors (Lipinski definition) is 1. The van der Waals surface area contributed by atoms with E-state index in [0.717, 1.165) is 17.8 Å². The minimum absolute atomic E-state index is 0.296. The normalized spacial score (nSPS) is 15.0. The van der Waals surface area contributed by atoms with Gasteiger partial charge < -0.3 is 15.1 Å². The number of anilines is 2. The summed E-state index contributed by atoms with van der Waals surface area (Å²) in [4.78, 5) is 16.3. The molecule has 1 aliphatic heterocycles. The molecule has 0 unspecified atom stereocenters. The molecule has 4 nitrogen and oxygen atoms in total. The highest BCUT2D eigenvalue weighted by Gasteiger charge is 2.30. The summed E-state index contributed by atoms with van der Waals surface area (Å²) >= 11 is 0. The minimum Gasteiger partial charge on any atom is -0.368 e. The van der Waals surface area contributed by atoms with Crippen LogP contribution in [0.5, 0.6) is 0 Å². The molecule has 2 aromatic carbocycles. The van der Waals surface area contributed by atoms with Crippen LogP contribution in [0.3, 0.4) is 0 Å². The summed E-state index contributed by atoms with van der Waals surface area (Å²) in [6, 6.07) is 10.6. The molecule has 3 rings (SSSR count). The van der Waals surface area contributed by atoms with Crippen LogP contribution in [0.1, 0.15) is 16.7 Å². The monoisotopic (exact) mass is 377 g/mol. The van der Waals surface area contributed by atoms with Gasteiger partial charge in [0.1, 0.15) is 0 Å². The molecule has 1 heterocycles. The van der Waals surface area contributed by atoms with E-state index >= 15 is 0 Å². The van der Waals surface area contributed by atoms with Gasteiger partial charge in [0.15, 0.2) is 0 Å². The minimum atomic E-state index is -4.38. The van der Waals surface area contributed by atoms with Crippen LogP contribution >= 0.6 is 0 Å². The van der Waals surface area contributed by atoms with Crippen molar-refractivity contribution in [1.82, 2.24) is 4.90 Å². The Labute approximate surface area is 156 Å². The zero-order valence-corrected chi connectivity index (χ0v) is 15.3. The number of carbonyl (C=O) groups excluding carboxylic acids is 1. The molecular weight excluding hydrogens is 355 g/mol. The topological polar surface area (TPSA) is 35.6 Å². The van der Waals surface area contributed by atoms with Crippen molar-refractivity contribution in [3.05, 3.63) is 59.2 Å². The van der Waals surface area contributed by atoms with Gasteiger partial charge >= 0.3 is 12.2 Å². The first-order valence-electron chi connectivity index (χ1n) is 8.79. The number of rotatable bonds is 2. The zero-order chi connectivity index (χ0) is 19.6. The van der Waals surface area contributed by atoms with Gasteiger partial charge in [-0.2, -0.15) is 13.2 Å². The van der Waals surface area contributed by atoms with E-state index in [1.165, 1.54) is 23.3 Å². The highest BCUT2D eigenvalue weighted by atomic mass is 19.4. The maximum absolute atomic E-state index is 12.6. The Bertz CT molecular complexity index is 790. The maximum Gasteiger partial charge on any atom is 0.416 e. The number of benzene rings is 2. The molecule has 0 aromatic heterocycles. The average Bonchev–Trinajstić information content (AvgIpc) is 2.61. The van der Waals surface area contributed by atoms with Gasteiger partial charge in [0.05, 0.1) is 5.56 Å². The SMILES string of the molecule is Cc1cc(C)cc(N2CCN(C(=O)Nc3ccc(C(F)(F)F)cc3)CC2)c1. The van der Waals surface area contributed by atoms with E-state index in [0.29, 0.717) is 31.9 Å². The van der Waals surface area contributed by atoms with Crippen LogP contribution in [0, 0.1) is 13.8 Å². The number of urea groups is 1. The van der Waals surface area contributed by atoms with Crippen molar-refractivity contribution in [3.63, 3.8) is 0 Å². The number of carbonyl (C=O) groups is 1. The van der Waals surface area contributed by atoms with Crippen LogP contribution in [0.4, 0.5) is 29.3 Å². The van der Waals surface area contributed by atoms with E-state index in [1.54, 1.807) is 4.90 Å². The lowest BCUT2D eigenvalue weighted by Gasteiger charge is -2.36. The Morgan fingerprint density at radius 1 is 0.926 bits per heavy atom. The second-order valence-corrected chi connectivity index (χ2v) is 6.83. The van der Waals surface area contributed by atoms with E-state index in [4.69, 9.17) is 0 Å². The van der Waals surface area contributed by atoms with E-state index in [2.05, 4.69) is 42.3 Å². The third kappa shape index (κ3) is 4.72. The predicted octanol–water partition coefficient (Wildman–Crippen LogP) is 4.68. The molecule has 2 amide bonds. The number of nitrogens with zero attached hydrogens (tertiary/aromatic N) is 2. The molecule has 0 spiro atoms. The van der Waals surface area contributed by atoms with Gasteiger partial charge in [-0.25, -0.2) is 4.79 Å². The second kappa shape index (κ2) is 7.50. The number of aryl methyl sites for hydroxylation is 2. The molecule has 144 valence electrons. The highest BCUT2D eigenvalue weighted by Crippen LogP contribution is 2.30. The van der Waals surface area contributed by atoms with Crippen LogP contribution in [0.15, 0.2) is 42.5 Å². The summed E-state index contributed by atoms with van der Waals surface area (Å²) < 4.78 is 37.8. The molecule has 0 bridgehead atoms. The molecule has 0 radical (unpaired) electrons. The maximum atomic E-state index is 12.6. The first-order chi connectivity index (χ1) is 12.7. The molecular formula is C20H22F3N3O. The fourth-order valence-electron chi connectivity index (χ4n) is 3.25. The summed E-state index contributed by atoms with van der Waals surface area (Å²) in [5, 5.41) is 2.66. The van der Waals surface area contributed by atoms with Crippen LogP contribution in [-0.2, 0) is 6.18 Å². The molecule has 1 fully saturated rings. The number of hydrogen-bond acceptors (Lipinski definition) is 2. The van der Waals surface area contributed by atoms with Gasteiger partial charge in [-0.3, -0.25) is 0 Å². The van der Waals surface area contributed by atoms with E-state index in [-0.39, 0.29) is 6.03 Å². The molecule has 0 atom stereocenters. The molecule has 7 heteroatoms. The third-order valence-corrected chi connectivity index (χ3v) is 4.60. The molecule has 2 aromatic rings. The second-order valence-electron chi connectivity index (χ2n) is 6.83. The number of alkyl halides is 3. The lowest BCUT2D eigenvalue weighted by atomic mass is 10.1. The van der Waals surface area contributed by atoms with Crippen LogP contribution in [0.25, 0.3) is 0 Å². The summed E-state index contributed by atoms with van der Waals surface area (Å²) in [5.74, 6) is 0. The molecule has 1 N–H and O–H groups in total. The number of nitrogens with one attached hydrogen (secondary N) is 1. The molecule has 0 aliphatic carbocycles. The Morgan fingerprint density at radius 3 is 2.00 bits per heavy atom. The number of halogens is 3. The number of piperazine rings is 1. The van der Waals surface area contributed by atoms with Gasteiger partial charge in [0, 0.05) is 37.6 Å². The van der Waals surface area contributed by atoms with Crippen LogP contribution in [0.2, 0.25) is 0 Å². The first kappa shape index (κ1) is 19.1. The van der Waals surface area contributed by atoms with E-state index in [1.807, 2.05) is 0 Å². The fourth-order valence-corrected chi connectivity index (χ4v) is 3.25. The zero-order valence-electron chi connectivity index (χ0n) is 15.3. The van der Waals surface area contributed by atoms with Gasteiger partial charge in [-0.15, -0.1) is 0 Å². The summed E-state index contributed by atoms with van der Waals surface area (Å²) in [5.41, 5.74) is 3.17. The molecule has 0 saturated carbocycles. The van der Waals surface area contributed by atoms with Crippen LogP contribution in [-0.4, -0.2) is 37.1 Å². The van der Waals surface area contributed by atoms with Crippen molar-refractivity contribution in [3.8, 4) is 0 Å². The van der Waals surface area contributed by atoms with E-state index < -0.39 is 11.7 Å².